The van der Waals surface area contributed by atoms with E-state index in [9.17, 15) is 13.2 Å². The quantitative estimate of drug-likeness (QED) is 0.590. The highest BCUT2D eigenvalue weighted by Gasteiger charge is 2.29. The highest BCUT2D eigenvalue weighted by atomic mass is 79.9. The third-order valence-corrected chi connectivity index (χ3v) is 4.14. The summed E-state index contributed by atoms with van der Waals surface area (Å²) < 4.78 is 31.5. The van der Waals surface area contributed by atoms with E-state index in [0.717, 1.165) is 15.6 Å². The van der Waals surface area contributed by atoms with Gasteiger partial charge in [0, 0.05) is 16.7 Å². The number of nitrogens with one attached hydrogen (secondary N) is 1. The van der Waals surface area contributed by atoms with E-state index in [0.29, 0.717) is 18.8 Å². The number of fused-ring (bicyclic) bond motifs is 1. The molecule has 0 radical (unpaired) electrons. The van der Waals surface area contributed by atoms with Gasteiger partial charge in [-0.2, -0.15) is 0 Å². The number of thiol groups is 1. The monoisotopic (exact) mass is 406 g/mol. The third kappa shape index (κ3) is 5.08. The topological polar surface area (TPSA) is 84.9 Å². The molecule has 1 heterocycles. The summed E-state index contributed by atoms with van der Waals surface area (Å²) in [5, 5.41) is 2.86. The minimum atomic E-state index is -2.88. The Labute approximate surface area is 145 Å². The molecule has 0 saturated heterocycles. The molecule has 1 N–H and O–H groups in total. The van der Waals surface area contributed by atoms with Crippen LogP contribution >= 0.6 is 15.9 Å². The molecule has 2 rings (SSSR count). The van der Waals surface area contributed by atoms with E-state index in [-0.39, 0.29) is 12.8 Å². The number of benzene rings is 1. The van der Waals surface area contributed by atoms with E-state index in [1.807, 2.05) is 32.9 Å². The predicted molar refractivity (Wildman–Crippen MR) is 89.5 cm³/mol. The normalized spacial score (nSPS) is 14.0. The summed E-state index contributed by atoms with van der Waals surface area (Å²) >= 11 is 3.48. The van der Waals surface area contributed by atoms with E-state index in [1.54, 1.807) is 4.90 Å². The first-order valence-electron chi connectivity index (χ1n) is 6.96. The number of halogens is 1. The first kappa shape index (κ1) is 18.0. The second kappa shape index (κ2) is 7.06. The van der Waals surface area contributed by atoms with Crippen molar-refractivity contribution in [1.82, 2.24) is 4.90 Å². The zero-order chi connectivity index (χ0) is 17.2. The van der Waals surface area contributed by atoms with Crippen LogP contribution in [0.4, 0.5) is 10.5 Å². The fourth-order valence-electron chi connectivity index (χ4n) is 2.19. The molecule has 0 spiro atoms. The van der Waals surface area contributed by atoms with E-state index < -0.39 is 16.6 Å². The lowest BCUT2D eigenvalue weighted by molar-refractivity contribution is 0.0241. The average Bonchev–Trinajstić information content (AvgIpc) is 2.81. The lowest BCUT2D eigenvalue weighted by Crippen LogP contribution is -2.33. The molecule has 0 bridgehead atoms. The number of hydrogen-bond donors (Lipinski definition) is 2. The van der Waals surface area contributed by atoms with Gasteiger partial charge >= 0.3 is 6.09 Å². The summed E-state index contributed by atoms with van der Waals surface area (Å²) in [5.41, 5.74) is 2.15. The molecule has 7 nitrogen and oxygen atoms in total. The maximum atomic E-state index is 12.2. The molecule has 23 heavy (non-hydrogen) atoms. The molecule has 1 aliphatic rings. The van der Waals surface area contributed by atoms with Gasteiger partial charge in [0.15, 0.2) is 0 Å². The lowest BCUT2D eigenvalue weighted by Gasteiger charge is -2.24. The van der Waals surface area contributed by atoms with Gasteiger partial charge in [0.05, 0.1) is 6.54 Å². The molecule has 1 aromatic carbocycles. The van der Waals surface area contributed by atoms with Crippen molar-refractivity contribution in [1.29, 1.82) is 0 Å². The van der Waals surface area contributed by atoms with Gasteiger partial charge in [0.1, 0.15) is 12.3 Å². The van der Waals surface area contributed by atoms with Gasteiger partial charge in [-0.25, -0.2) is 13.2 Å². The number of carbonyl (C=O) groups excluding carboxylic acids is 1. The van der Waals surface area contributed by atoms with E-state index >= 15 is 0 Å². The third-order valence-electron chi connectivity index (χ3n) is 3.10. The number of ether oxygens (including phenoxy) is 1. The van der Waals surface area contributed by atoms with Crippen LogP contribution in [-0.2, 0) is 33.0 Å². The smallest absolute Gasteiger partial charge is 0.410 e. The van der Waals surface area contributed by atoms with E-state index in [2.05, 4.69) is 25.4 Å². The van der Waals surface area contributed by atoms with Crippen molar-refractivity contribution < 1.29 is 22.1 Å². The van der Waals surface area contributed by atoms with Crippen LogP contribution in [0.5, 0.6) is 0 Å². The molecule has 0 unspecified atom stereocenters. The van der Waals surface area contributed by atoms with Crippen LogP contribution in [-0.4, -0.2) is 31.7 Å². The molecule has 1 amide bonds. The molecule has 0 aliphatic carbocycles. The lowest BCUT2D eigenvalue weighted by atomic mass is 10.1. The molecule has 1 aliphatic heterocycles. The van der Waals surface area contributed by atoms with Gasteiger partial charge in [-0.05, 0) is 44.0 Å². The first-order chi connectivity index (χ1) is 10.7. The van der Waals surface area contributed by atoms with Gasteiger partial charge in [-0.1, -0.05) is 15.9 Å². The largest absolute Gasteiger partial charge is 0.444 e. The van der Waals surface area contributed by atoms with Crippen molar-refractivity contribution in [3.8, 4) is 0 Å². The Kier molecular flexibility index (Phi) is 5.53. The average molecular weight is 407 g/mol. The highest BCUT2D eigenvalue weighted by Crippen LogP contribution is 2.33. The fourth-order valence-corrected chi connectivity index (χ4v) is 2.99. The second-order valence-corrected chi connectivity index (χ2v) is 7.67. The van der Waals surface area contributed by atoms with E-state index in [1.165, 1.54) is 0 Å². The molecule has 0 aromatic heterocycles. The van der Waals surface area contributed by atoms with Crippen molar-refractivity contribution in [3.63, 3.8) is 0 Å². The SMILES string of the molecule is CC(C)(C)OC(=O)N1Cc2cc(NCO[SH](=O)=O)cc(Br)c2C1. The van der Waals surface area contributed by atoms with Crippen molar-refractivity contribution >= 4 is 38.7 Å². The van der Waals surface area contributed by atoms with Crippen LogP contribution in [0.15, 0.2) is 16.6 Å². The minimum Gasteiger partial charge on any atom is -0.444 e. The predicted octanol–water partition coefficient (Wildman–Crippen LogP) is 2.61. The number of anilines is 1. The Hall–Kier alpha value is -1.32. The van der Waals surface area contributed by atoms with Gasteiger partial charge < -0.3 is 10.1 Å². The van der Waals surface area contributed by atoms with Gasteiger partial charge in [-0.3, -0.25) is 9.08 Å². The summed E-state index contributed by atoms with van der Waals surface area (Å²) in [7, 11) is -2.88. The Morgan fingerprint density at radius 2 is 2.04 bits per heavy atom. The van der Waals surface area contributed by atoms with Crippen LogP contribution < -0.4 is 5.32 Å². The van der Waals surface area contributed by atoms with Crippen molar-refractivity contribution in [3.05, 3.63) is 27.7 Å². The van der Waals surface area contributed by atoms with Crippen LogP contribution in [0.3, 0.4) is 0 Å². The summed E-state index contributed by atoms with van der Waals surface area (Å²) in [6.07, 6.45) is -0.359. The standard InChI is InChI=1S/C14H19BrN2O5S/c1-14(2,3)22-13(18)17-6-9-4-10(16-8-21-23(19)20)5-12(15)11(9)7-17/h4-5,16,23H,6-8H2,1-3H3. The highest BCUT2D eigenvalue weighted by molar-refractivity contribution is 9.10. The Morgan fingerprint density at radius 1 is 1.35 bits per heavy atom. The minimum absolute atomic E-state index is 0.139. The van der Waals surface area contributed by atoms with Gasteiger partial charge in [0.2, 0.25) is 0 Å². The number of rotatable bonds is 4. The molecule has 9 heteroatoms. The zero-order valence-corrected chi connectivity index (χ0v) is 15.6. The second-order valence-electron chi connectivity index (χ2n) is 6.11. The zero-order valence-electron chi connectivity index (χ0n) is 13.1. The van der Waals surface area contributed by atoms with Crippen LogP contribution in [0.25, 0.3) is 0 Å². The molecular formula is C14H19BrN2O5S. The van der Waals surface area contributed by atoms with Crippen LogP contribution in [0.2, 0.25) is 0 Å². The molecule has 1 aromatic rings. The fraction of sp³-hybridized carbons (Fsp3) is 0.500. The summed E-state index contributed by atoms with van der Waals surface area (Å²) in [6, 6.07) is 3.68. The Bertz CT molecular complexity index is 676. The molecule has 0 saturated carbocycles. The van der Waals surface area contributed by atoms with Crippen molar-refractivity contribution in [2.75, 3.05) is 12.0 Å². The molecule has 128 valence electrons. The summed E-state index contributed by atoms with van der Waals surface area (Å²) in [4.78, 5) is 13.8. The van der Waals surface area contributed by atoms with Crippen molar-refractivity contribution in [2.24, 2.45) is 0 Å². The molecule has 0 fully saturated rings. The summed E-state index contributed by atoms with van der Waals surface area (Å²) in [5.74, 6) is 0. The molecular weight excluding hydrogens is 388 g/mol. The van der Waals surface area contributed by atoms with Crippen LogP contribution in [0, 0.1) is 0 Å². The molecule has 0 atom stereocenters. The van der Waals surface area contributed by atoms with Gasteiger partial charge in [-0.15, -0.1) is 0 Å². The van der Waals surface area contributed by atoms with Gasteiger partial charge in [0.25, 0.3) is 11.0 Å². The summed E-state index contributed by atoms with van der Waals surface area (Å²) in [6.45, 7) is 6.25. The van der Waals surface area contributed by atoms with E-state index in [4.69, 9.17) is 4.74 Å². The number of hydrogen-bond acceptors (Lipinski definition) is 6. The van der Waals surface area contributed by atoms with Crippen molar-refractivity contribution in [2.45, 2.75) is 39.5 Å². The number of amides is 1. The number of carbonyl (C=O) groups is 1. The number of nitrogens with zero attached hydrogens (tertiary/aromatic N) is 1. The van der Waals surface area contributed by atoms with Crippen LogP contribution in [0.1, 0.15) is 31.9 Å². The Balaban J connectivity index is 2.07. The Morgan fingerprint density at radius 3 is 2.65 bits per heavy atom. The first-order valence-corrected chi connectivity index (χ1v) is 8.85. The maximum Gasteiger partial charge on any atom is 0.410 e. The maximum absolute atomic E-state index is 12.2.